The van der Waals surface area contributed by atoms with Crippen molar-refractivity contribution in [3.05, 3.63) is 66.4 Å². The highest BCUT2D eigenvalue weighted by Crippen LogP contribution is 2.38. The minimum atomic E-state index is -4.46. The van der Waals surface area contributed by atoms with Crippen LogP contribution in [0.1, 0.15) is 31.2 Å². The third kappa shape index (κ3) is 4.66. The van der Waals surface area contributed by atoms with Gasteiger partial charge in [-0.1, -0.05) is 18.9 Å². The summed E-state index contributed by atoms with van der Waals surface area (Å²) in [6, 6.07) is 15.9. The van der Waals surface area contributed by atoms with Crippen LogP contribution in [0.15, 0.2) is 60.8 Å². The van der Waals surface area contributed by atoms with Gasteiger partial charge in [0.1, 0.15) is 0 Å². The molecule has 0 radical (unpaired) electrons. The quantitative estimate of drug-likeness (QED) is 0.337. The molecule has 3 heterocycles. The second kappa shape index (κ2) is 9.02. The number of nitrogens with one attached hydrogen (secondary N) is 1. The van der Waals surface area contributed by atoms with E-state index in [2.05, 4.69) is 31.7 Å². The molecule has 0 unspecified atom stereocenters. The molecule has 1 saturated heterocycles. The maximum absolute atomic E-state index is 13.4. The molecule has 1 fully saturated rings. The number of anilines is 3. The number of halogens is 3. The average Bonchev–Trinajstić information content (AvgIpc) is 3.02. The van der Waals surface area contributed by atoms with Gasteiger partial charge in [-0.05, 0) is 72.9 Å². The summed E-state index contributed by atoms with van der Waals surface area (Å²) in [6.07, 6.45) is 1.98. The molecule has 0 saturated carbocycles. The number of benzene rings is 2. The fourth-order valence-corrected chi connectivity index (χ4v) is 5.04. The highest BCUT2D eigenvalue weighted by atomic mass is 32.1. The molecule has 2 aromatic carbocycles. The zero-order valence-electron chi connectivity index (χ0n) is 17.9. The van der Waals surface area contributed by atoms with Gasteiger partial charge in [0.25, 0.3) is 0 Å². The molecule has 0 amide bonds. The Bertz CT molecular complexity index is 1240. The van der Waals surface area contributed by atoms with E-state index in [0.29, 0.717) is 11.4 Å². The summed E-state index contributed by atoms with van der Waals surface area (Å²) >= 11 is 1.25. The van der Waals surface area contributed by atoms with Crippen molar-refractivity contribution in [3.8, 4) is 11.3 Å². The van der Waals surface area contributed by atoms with Gasteiger partial charge in [0.2, 0.25) is 0 Å². The first-order valence-corrected chi connectivity index (χ1v) is 11.8. The topological polar surface area (TPSA) is 41.1 Å². The molecular formula is C25H23F3N4S. The SMILES string of the molecule is FC(F)(F)c1cccnc1-c1ccc2c(Nc3ccc(N4CCCCCC4)cc3)nsc2c1. The Hall–Kier alpha value is -3.13. The Morgan fingerprint density at radius 3 is 2.39 bits per heavy atom. The van der Waals surface area contributed by atoms with Crippen molar-refractivity contribution >= 4 is 38.8 Å². The predicted octanol–water partition coefficient (Wildman–Crippen LogP) is 7.50. The van der Waals surface area contributed by atoms with Crippen LogP contribution in [-0.4, -0.2) is 22.4 Å². The molecule has 1 aliphatic heterocycles. The Labute approximate surface area is 194 Å². The number of pyridine rings is 1. The molecule has 4 nitrogen and oxygen atoms in total. The van der Waals surface area contributed by atoms with Crippen molar-refractivity contribution in [3.63, 3.8) is 0 Å². The van der Waals surface area contributed by atoms with Crippen molar-refractivity contribution in [2.75, 3.05) is 23.3 Å². The fourth-order valence-electron chi connectivity index (χ4n) is 4.26. The average molecular weight is 469 g/mol. The Kier molecular flexibility index (Phi) is 5.93. The Morgan fingerprint density at radius 1 is 0.909 bits per heavy atom. The molecule has 0 aliphatic carbocycles. The van der Waals surface area contributed by atoms with Gasteiger partial charge < -0.3 is 10.2 Å². The maximum Gasteiger partial charge on any atom is 0.418 e. The van der Waals surface area contributed by atoms with Crippen molar-refractivity contribution in [2.24, 2.45) is 0 Å². The van der Waals surface area contributed by atoms with Crippen molar-refractivity contribution in [1.29, 1.82) is 0 Å². The monoisotopic (exact) mass is 468 g/mol. The highest BCUT2D eigenvalue weighted by Gasteiger charge is 2.34. The molecule has 5 rings (SSSR count). The van der Waals surface area contributed by atoms with Gasteiger partial charge in [0.15, 0.2) is 5.82 Å². The van der Waals surface area contributed by atoms with Crippen LogP contribution in [0, 0.1) is 0 Å². The Balaban J connectivity index is 1.38. The molecule has 170 valence electrons. The first-order chi connectivity index (χ1) is 16.0. The van der Waals surface area contributed by atoms with Crippen molar-refractivity contribution in [1.82, 2.24) is 9.36 Å². The number of hydrogen-bond donors (Lipinski definition) is 1. The van der Waals surface area contributed by atoms with Gasteiger partial charge in [-0.3, -0.25) is 4.98 Å². The summed E-state index contributed by atoms with van der Waals surface area (Å²) in [5.41, 5.74) is 1.77. The van der Waals surface area contributed by atoms with E-state index in [-0.39, 0.29) is 5.69 Å². The lowest BCUT2D eigenvalue weighted by Crippen LogP contribution is -2.23. The van der Waals surface area contributed by atoms with Crippen LogP contribution in [0.5, 0.6) is 0 Å². The summed E-state index contributed by atoms with van der Waals surface area (Å²) < 4.78 is 45.5. The lowest BCUT2D eigenvalue weighted by molar-refractivity contribution is -0.137. The van der Waals surface area contributed by atoms with Gasteiger partial charge in [-0.15, -0.1) is 0 Å². The third-order valence-electron chi connectivity index (χ3n) is 5.96. The number of rotatable bonds is 4. The number of nitrogens with zero attached hydrogens (tertiary/aromatic N) is 3. The van der Waals surface area contributed by atoms with Crippen LogP contribution in [0.2, 0.25) is 0 Å². The number of aromatic nitrogens is 2. The summed E-state index contributed by atoms with van der Waals surface area (Å²) in [4.78, 5) is 6.43. The summed E-state index contributed by atoms with van der Waals surface area (Å²) in [5, 5.41) is 4.22. The van der Waals surface area contributed by atoms with Crippen molar-refractivity contribution in [2.45, 2.75) is 31.9 Å². The molecule has 4 aromatic rings. The molecule has 33 heavy (non-hydrogen) atoms. The first-order valence-electron chi connectivity index (χ1n) is 11.0. The van der Waals surface area contributed by atoms with Crippen LogP contribution >= 0.6 is 11.5 Å². The summed E-state index contributed by atoms with van der Waals surface area (Å²) in [6.45, 7) is 2.19. The number of hydrogen-bond acceptors (Lipinski definition) is 5. The molecule has 2 aromatic heterocycles. The van der Waals surface area contributed by atoms with Crippen LogP contribution in [0.25, 0.3) is 21.3 Å². The normalized spacial score (nSPS) is 14.9. The number of fused-ring (bicyclic) bond motifs is 1. The van der Waals surface area contributed by atoms with E-state index in [4.69, 9.17) is 0 Å². The minimum Gasteiger partial charge on any atom is -0.372 e. The van der Waals surface area contributed by atoms with Gasteiger partial charge >= 0.3 is 6.18 Å². The molecule has 1 aliphatic rings. The highest BCUT2D eigenvalue weighted by molar-refractivity contribution is 7.13. The van der Waals surface area contributed by atoms with E-state index >= 15 is 0 Å². The largest absolute Gasteiger partial charge is 0.418 e. The van der Waals surface area contributed by atoms with Gasteiger partial charge in [-0.25, -0.2) is 0 Å². The van der Waals surface area contributed by atoms with Crippen LogP contribution in [-0.2, 0) is 6.18 Å². The van der Waals surface area contributed by atoms with E-state index in [1.54, 1.807) is 18.2 Å². The third-order valence-corrected chi connectivity index (χ3v) is 6.77. The molecule has 0 spiro atoms. The lowest BCUT2D eigenvalue weighted by atomic mass is 10.0. The van der Waals surface area contributed by atoms with E-state index in [1.807, 2.05) is 12.1 Å². The zero-order chi connectivity index (χ0) is 22.8. The molecule has 1 N–H and O–H groups in total. The predicted molar refractivity (Wildman–Crippen MR) is 128 cm³/mol. The van der Waals surface area contributed by atoms with Gasteiger partial charge in [-0.2, -0.15) is 17.5 Å². The number of alkyl halides is 3. The molecule has 8 heteroatoms. The Morgan fingerprint density at radius 2 is 1.67 bits per heavy atom. The second-order valence-electron chi connectivity index (χ2n) is 8.21. The standard InChI is InChI=1S/C25H23F3N4S/c26-25(27,28)21-6-5-13-29-23(21)17-7-12-20-22(16-17)33-31-24(20)30-18-8-10-19(11-9-18)32-14-3-1-2-4-15-32/h5-13,16H,1-4,14-15H2,(H,30,31). The van der Waals surface area contributed by atoms with Crippen LogP contribution in [0.3, 0.4) is 0 Å². The summed E-state index contributed by atoms with van der Waals surface area (Å²) in [7, 11) is 0. The second-order valence-corrected chi connectivity index (χ2v) is 9.02. The summed E-state index contributed by atoms with van der Waals surface area (Å²) in [5.74, 6) is 0.695. The van der Waals surface area contributed by atoms with Crippen molar-refractivity contribution < 1.29 is 13.2 Å². The van der Waals surface area contributed by atoms with E-state index in [9.17, 15) is 13.2 Å². The van der Waals surface area contributed by atoms with Gasteiger partial charge in [0.05, 0.1) is 16.0 Å². The maximum atomic E-state index is 13.4. The van der Waals surface area contributed by atoms with Crippen LogP contribution < -0.4 is 10.2 Å². The van der Waals surface area contributed by atoms with Gasteiger partial charge in [0, 0.05) is 41.6 Å². The molecule has 0 bridgehead atoms. The lowest BCUT2D eigenvalue weighted by Gasteiger charge is -2.22. The molecule has 0 atom stereocenters. The van der Waals surface area contributed by atoms with E-state index < -0.39 is 11.7 Å². The first kappa shape index (κ1) is 21.7. The van der Waals surface area contributed by atoms with Crippen LogP contribution in [0.4, 0.5) is 30.4 Å². The fraction of sp³-hybridized carbons (Fsp3) is 0.280. The molecular weight excluding hydrogens is 445 g/mol. The smallest absolute Gasteiger partial charge is 0.372 e. The van der Waals surface area contributed by atoms with E-state index in [0.717, 1.165) is 34.9 Å². The van der Waals surface area contributed by atoms with E-state index in [1.165, 1.54) is 55.2 Å². The minimum absolute atomic E-state index is 0.0705. The zero-order valence-corrected chi connectivity index (χ0v) is 18.7.